The largest absolute Gasteiger partial charge is 0.416 e. The van der Waals surface area contributed by atoms with Crippen LogP contribution in [-0.4, -0.2) is 60.5 Å². The van der Waals surface area contributed by atoms with Gasteiger partial charge in [0, 0.05) is 43.3 Å². The lowest BCUT2D eigenvalue weighted by molar-refractivity contribution is -0.137. The maximum absolute atomic E-state index is 13.1. The maximum Gasteiger partial charge on any atom is 0.416 e. The van der Waals surface area contributed by atoms with E-state index >= 15 is 0 Å². The summed E-state index contributed by atoms with van der Waals surface area (Å²) >= 11 is 0. The van der Waals surface area contributed by atoms with Crippen LogP contribution in [0.4, 0.5) is 24.5 Å². The number of anilines is 2. The molecular formula is C24H26F3N5O. The molecule has 9 heteroatoms. The second-order valence-corrected chi connectivity index (χ2v) is 8.66. The number of nitrogens with zero attached hydrogens (tertiary/aromatic N) is 4. The van der Waals surface area contributed by atoms with Gasteiger partial charge < -0.3 is 15.0 Å². The van der Waals surface area contributed by atoms with E-state index in [4.69, 9.17) is 4.74 Å². The topological polar surface area (TPSA) is 53.5 Å². The van der Waals surface area contributed by atoms with Crippen LogP contribution in [-0.2, 0) is 10.9 Å². The van der Waals surface area contributed by atoms with E-state index in [1.807, 2.05) is 13.0 Å². The minimum Gasteiger partial charge on any atom is -0.378 e. The van der Waals surface area contributed by atoms with Crippen LogP contribution in [0.5, 0.6) is 0 Å². The number of fused-ring (bicyclic) bond motifs is 2. The van der Waals surface area contributed by atoms with Crippen LogP contribution in [0.15, 0.2) is 48.7 Å². The molecule has 33 heavy (non-hydrogen) atoms. The molecule has 0 radical (unpaired) electrons. The molecule has 0 spiro atoms. The third-order valence-electron chi connectivity index (χ3n) is 6.51. The molecule has 2 saturated heterocycles. The van der Waals surface area contributed by atoms with Crippen LogP contribution in [0.3, 0.4) is 0 Å². The summed E-state index contributed by atoms with van der Waals surface area (Å²) in [5.41, 5.74) is 2.47. The number of morpholine rings is 1. The molecule has 2 fully saturated rings. The average molecular weight is 458 g/mol. The normalized spacial score (nSPS) is 20.5. The third-order valence-corrected chi connectivity index (χ3v) is 6.51. The summed E-state index contributed by atoms with van der Waals surface area (Å²) in [6.07, 6.45) is -2.74. The molecule has 1 N–H and O–H groups in total. The number of ether oxygens (including phenoxy) is 1. The Morgan fingerprint density at radius 3 is 2.85 bits per heavy atom. The first-order valence-electron chi connectivity index (χ1n) is 11.1. The Morgan fingerprint density at radius 2 is 2.00 bits per heavy atom. The quantitative estimate of drug-likeness (QED) is 0.629. The maximum atomic E-state index is 13.1. The van der Waals surface area contributed by atoms with E-state index in [1.54, 1.807) is 12.3 Å². The fourth-order valence-electron chi connectivity index (χ4n) is 4.64. The van der Waals surface area contributed by atoms with E-state index in [-0.39, 0.29) is 6.04 Å². The Kier molecular flexibility index (Phi) is 5.84. The molecule has 0 aliphatic carbocycles. The summed E-state index contributed by atoms with van der Waals surface area (Å²) in [5, 5.41) is 12.5. The number of halogens is 3. The number of hydrogen-bond acceptors (Lipinski definition) is 6. The van der Waals surface area contributed by atoms with Crippen molar-refractivity contribution in [1.82, 2.24) is 15.1 Å². The summed E-state index contributed by atoms with van der Waals surface area (Å²) in [6.45, 7) is 7.19. The molecule has 0 amide bonds. The average Bonchev–Trinajstić information content (AvgIpc) is 2.83. The van der Waals surface area contributed by atoms with Crippen molar-refractivity contribution in [3.05, 3.63) is 59.8 Å². The summed E-state index contributed by atoms with van der Waals surface area (Å²) in [7, 11) is 0. The minimum atomic E-state index is -4.37. The van der Waals surface area contributed by atoms with Crippen LogP contribution in [0.2, 0.25) is 0 Å². The lowest BCUT2D eigenvalue weighted by Crippen LogP contribution is -2.58. The van der Waals surface area contributed by atoms with E-state index in [0.717, 1.165) is 67.7 Å². The summed E-state index contributed by atoms with van der Waals surface area (Å²) in [6, 6.07) is 11.5. The molecule has 6 nitrogen and oxygen atoms in total. The molecule has 5 rings (SSSR count). The standard InChI is InChI=1S/C24H26F3N5O/c1-16(17-3-2-4-18(11-17)24(25,26)27)29-23-13-28-30-22-6-5-19(12-21(22)23)32-8-7-31-9-10-33-15-20(31)14-32/h2-6,11-13,16,20H,7-10,14-15H2,1H3,(H,29,30)/t16-,20+/m1/s1. The van der Waals surface area contributed by atoms with Crippen molar-refractivity contribution in [2.45, 2.75) is 25.2 Å². The number of benzene rings is 2. The fourth-order valence-corrected chi connectivity index (χ4v) is 4.64. The number of aromatic nitrogens is 2. The summed E-state index contributed by atoms with van der Waals surface area (Å²) in [4.78, 5) is 4.84. The molecule has 0 saturated carbocycles. The molecule has 2 aliphatic rings. The van der Waals surface area contributed by atoms with Gasteiger partial charge in [-0.25, -0.2) is 0 Å². The number of alkyl halides is 3. The Bertz CT molecular complexity index is 1140. The lowest BCUT2D eigenvalue weighted by atomic mass is 10.0. The van der Waals surface area contributed by atoms with Gasteiger partial charge in [0.15, 0.2) is 0 Å². The molecule has 1 aromatic heterocycles. The second kappa shape index (κ2) is 8.79. The lowest BCUT2D eigenvalue weighted by Gasteiger charge is -2.44. The van der Waals surface area contributed by atoms with Crippen LogP contribution >= 0.6 is 0 Å². The predicted octanol–water partition coefficient (Wildman–Crippen LogP) is 4.34. The molecule has 2 aromatic carbocycles. The van der Waals surface area contributed by atoms with Gasteiger partial charge in [-0.15, -0.1) is 0 Å². The summed E-state index contributed by atoms with van der Waals surface area (Å²) < 4.78 is 45.1. The number of piperazine rings is 1. The highest BCUT2D eigenvalue weighted by molar-refractivity contribution is 5.93. The van der Waals surface area contributed by atoms with Gasteiger partial charge in [-0.05, 0) is 42.8 Å². The van der Waals surface area contributed by atoms with Gasteiger partial charge >= 0.3 is 6.18 Å². The highest BCUT2D eigenvalue weighted by Gasteiger charge is 2.31. The first-order chi connectivity index (χ1) is 15.9. The Morgan fingerprint density at radius 1 is 1.12 bits per heavy atom. The number of hydrogen-bond donors (Lipinski definition) is 1. The fraction of sp³-hybridized carbons (Fsp3) is 0.417. The molecular weight excluding hydrogens is 431 g/mol. The molecule has 2 aliphatic heterocycles. The Hall–Kier alpha value is -2.91. The van der Waals surface area contributed by atoms with Crippen LogP contribution in [0, 0.1) is 0 Å². The minimum absolute atomic E-state index is 0.341. The smallest absolute Gasteiger partial charge is 0.378 e. The molecule has 174 valence electrons. The highest BCUT2D eigenvalue weighted by Crippen LogP contribution is 2.33. The van der Waals surface area contributed by atoms with Crippen molar-refractivity contribution in [3.8, 4) is 0 Å². The highest BCUT2D eigenvalue weighted by atomic mass is 19.4. The van der Waals surface area contributed by atoms with Crippen molar-refractivity contribution in [1.29, 1.82) is 0 Å². The van der Waals surface area contributed by atoms with E-state index < -0.39 is 11.7 Å². The first kappa shape index (κ1) is 21.9. The zero-order chi connectivity index (χ0) is 23.0. The molecule has 0 unspecified atom stereocenters. The van der Waals surface area contributed by atoms with Gasteiger partial charge in [-0.1, -0.05) is 12.1 Å². The van der Waals surface area contributed by atoms with E-state index in [0.29, 0.717) is 11.6 Å². The monoisotopic (exact) mass is 457 g/mol. The van der Waals surface area contributed by atoms with Crippen molar-refractivity contribution in [2.75, 3.05) is 49.6 Å². The van der Waals surface area contributed by atoms with Crippen molar-refractivity contribution < 1.29 is 17.9 Å². The van der Waals surface area contributed by atoms with Crippen LogP contribution < -0.4 is 10.2 Å². The predicted molar refractivity (Wildman–Crippen MR) is 121 cm³/mol. The number of rotatable bonds is 4. The SMILES string of the molecule is C[C@@H](Nc1cnnc2ccc(N3CCN4CCOC[C@@H]4C3)cc12)c1cccc(C(F)(F)F)c1. The van der Waals surface area contributed by atoms with Gasteiger partial charge in [0.2, 0.25) is 0 Å². The molecule has 2 atom stereocenters. The zero-order valence-corrected chi connectivity index (χ0v) is 18.3. The van der Waals surface area contributed by atoms with Crippen molar-refractivity contribution in [2.24, 2.45) is 0 Å². The number of nitrogens with one attached hydrogen (secondary N) is 1. The van der Waals surface area contributed by atoms with Crippen molar-refractivity contribution >= 4 is 22.3 Å². The second-order valence-electron chi connectivity index (χ2n) is 8.66. The van der Waals surface area contributed by atoms with Gasteiger partial charge in [0.05, 0.1) is 42.2 Å². The van der Waals surface area contributed by atoms with Gasteiger partial charge in [-0.3, -0.25) is 4.90 Å². The zero-order valence-electron chi connectivity index (χ0n) is 18.3. The Balaban J connectivity index is 1.40. The van der Waals surface area contributed by atoms with Crippen LogP contribution in [0.1, 0.15) is 24.1 Å². The van der Waals surface area contributed by atoms with Crippen molar-refractivity contribution in [3.63, 3.8) is 0 Å². The molecule has 3 heterocycles. The van der Waals surface area contributed by atoms with E-state index in [1.165, 1.54) is 12.1 Å². The Labute approximate surface area is 190 Å². The van der Waals surface area contributed by atoms with E-state index in [2.05, 4.69) is 37.4 Å². The molecule has 3 aromatic rings. The third kappa shape index (κ3) is 4.60. The molecule has 0 bridgehead atoms. The van der Waals surface area contributed by atoms with Gasteiger partial charge in [0.1, 0.15) is 0 Å². The summed E-state index contributed by atoms with van der Waals surface area (Å²) in [5.74, 6) is 0. The van der Waals surface area contributed by atoms with Gasteiger partial charge in [0.25, 0.3) is 0 Å². The van der Waals surface area contributed by atoms with Gasteiger partial charge in [-0.2, -0.15) is 23.4 Å². The van der Waals surface area contributed by atoms with Crippen LogP contribution in [0.25, 0.3) is 10.9 Å². The van der Waals surface area contributed by atoms with E-state index in [9.17, 15) is 13.2 Å². The first-order valence-corrected chi connectivity index (χ1v) is 11.1.